The molecule has 1 aliphatic carbocycles. The molecule has 1 fully saturated rings. The molecule has 0 amide bonds. The van der Waals surface area contributed by atoms with Crippen LogP contribution in [0.5, 0.6) is 0 Å². The minimum Gasteiger partial charge on any atom is -0.478 e. The van der Waals surface area contributed by atoms with Crippen molar-refractivity contribution in [1.82, 2.24) is 9.55 Å². The van der Waals surface area contributed by atoms with Crippen molar-refractivity contribution < 1.29 is 9.90 Å². The van der Waals surface area contributed by atoms with Crippen LogP contribution in [0, 0.1) is 0 Å². The van der Waals surface area contributed by atoms with Gasteiger partial charge < -0.3 is 9.67 Å². The van der Waals surface area contributed by atoms with Crippen LogP contribution in [0.4, 0.5) is 0 Å². The standard InChI is InChI=1S/C17H14N2O2/c20-17(21)12-7-5-11(6-8-12)16-18-14-3-1-2-4-15(14)19(16)13-9-10-13/h1-8,13H,9-10H2,(H,20,21). The molecule has 0 unspecified atom stereocenters. The third-order valence-electron chi connectivity index (χ3n) is 3.90. The number of hydrogen-bond acceptors (Lipinski definition) is 2. The van der Waals surface area contributed by atoms with E-state index < -0.39 is 5.97 Å². The van der Waals surface area contributed by atoms with Gasteiger partial charge in [-0.25, -0.2) is 9.78 Å². The molecule has 104 valence electrons. The Bertz CT molecular complexity index is 830. The zero-order chi connectivity index (χ0) is 14.4. The zero-order valence-electron chi connectivity index (χ0n) is 11.4. The van der Waals surface area contributed by atoms with Gasteiger partial charge in [0.05, 0.1) is 16.6 Å². The summed E-state index contributed by atoms with van der Waals surface area (Å²) in [6.45, 7) is 0. The summed E-state index contributed by atoms with van der Waals surface area (Å²) in [6.07, 6.45) is 2.36. The third-order valence-corrected chi connectivity index (χ3v) is 3.90. The molecule has 4 nitrogen and oxygen atoms in total. The number of hydrogen-bond donors (Lipinski definition) is 1. The Morgan fingerprint density at radius 1 is 1.10 bits per heavy atom. The van der Waals surface area contributed by atoms with E-state index in [2.05, 4.69) is 10.6 Å². The van der Waals surface area contributed by atoms with Crippen molar-refractivity contribution in [3.05, 3.63) is 54.1 Å². The number of fused-ring (bicyclic) bond motifs is 1. The Labute approximate surface area is 121 Å². The van der Waals surface area contributed by atoms with Crippen molar-refractivity contribution in [3.8, 4) is 11.4 Å². The monoisotopic (exact) mass is 278 g/mol. The van der Waals surface area contributed by atoms with Crippen LogP contribution in [0.15, 0.2) is 48.5 Å². The second kappa shape index (κ2) is 4.45. The first-order chi connectivity index (χ1) is 10.2. The maximum atomic E-state index is 11.0. The number of rotatable bonds is 3. The number of aromatic nitrogens is 2. The molecule has 0 atom stereocenters. The average Bonchev–Trinajstić information content (AvgIpc) is 3.27. The highest BCUT2D eigenvalue weighted by Gasteiger charge is 2.28. The fraction of sp³-hybridized carbons (Fsp3) is 0.176. The Kier molecular flexibility index (Phi) is 2.57. The van der Waals surface area contributed by atoms with E-state index in [1.165, 1.54) is 12.8 Å². The topological polar surface area (TPSA) is 55.1 Å². The van der Waals surface area contributed by atoms with Gasteiger partial charge in [-0.05, 0) is 37.1 Å². The van der Waals surface area contributed by atoms with E-state index in [0.29, 0.717) is 11.6 Å². The van der Waals surface area contributed by atoms with E-state index in [1.54, 1.807) is 12.1 Å². The van der Waals surface area contributed by atoms with Crippen LogP contribution in [-0.4, -0.2) is 20.6 Å². The van der Waals surface area contributed by atoms with Crippen LogP contribution in [-0.2, 0) is 0 Å². The van der Waals surface area contributed by atoms with Gasteiger partial charge in [0.15, 0.2) is 0 Å². The number of aromatic carboxylic acids is 1. The van der Waals surface area contributed by atoms with Gasteiger partial charge in [-0.1, -0.05) is 24.3 Å². The van der Waals surface area contributed by atoms with E-state index in [0.717, 1.165) is 22.4 Å². The number of nitrogens with zero attached hydrogens (tertiary/aromatic N) is 2. The molecular weight excluding hydrogens is 264 g/mol. The van der Waals surface area contributed by atoms with Crippen molar-refractivity contribution in [1.29, 1.82) is 0 Å². The molecule has 0 spiro atoms. The van der Waals surface area contributed by atoms with Crippen LogP contribution in [0.3, 0.4) is 0 Å². The molecule has 0 radical (unpaired) electrons. The average molecular weight is 278 g/mol. The van der Waals surface area contributed by atoms with Gasteiger partial charge in [0, 0.05) is 11.6 Å². The normalized spacial score (nSPS) is 14.5. The molecule has 1 aliphatic rings. The third kappa shape index (κ3) is 2.00. The van der Waals surface area contributed by atoms with Crippen molar-refractivity contribution in [3.63, 3.8) is 0 Å². The van der Waals surface area contributed by atoms with Crippen molar-refractivity contribution >= 4 is 17.0 Å². The Balaban J connectivity index is 1.89. The molecule has 0 bridgehead atoms. The van der Waals surface area contributed by atoms with E-state index in [1.807, 2.05) is 30.3 Å². The molecule has 2 aromatic carbocycles. The summed E-state index contributed by atoms with van der Waals surface area (Å²) in [7, 11) is 0. The van der Waals surface area contributed by atoms with E-state index >= 15 is 0 Å². The molecule has 1 saturated carbocycles. The second-order valence-corrected chi connectivity index (χ2v) is 5.41. The van der Waals surface area contributed by atoms with Crippen molar-refractivity contribution in [2.75, 3.05) is 0 Å². The molecule has 0 aliphatic heterocycles. The zero-order valence-corrected chi connectivity index (χ0v) is 11.4. The number of carbonyl (C=O) groups is 1. The lowest BCUT2D eigenvalue weighted by atomic mass is 10.1. The Hall–Kier alpha value is -2.62. The molecule has 1 N–H and O–H groups in total. The summed E-state index contributed by atoms with van der Waals surface area (Å²) in [5, 5.41) is 8.99. The first-order valence-corrected chi connectivity index (χ1v) is 7.05. The minimum absolute atomic E-state index is 0.299. The SMILES string of the molecule is O=C(O)c1ccc(-c2nc3ccccc3n2C2CC2)cc1. The number of para-hydroxylation sites is 2. The molecule has 1 heterocycles. The molecule has 1 aromatic heterocycles. The molecular formula is C17H14N2O2. The van der Waals surface area contributed by atoms with Gasteiger partial charge in [-0.2, -0.15) is 0 Å². The fourth-order valence-electron chi connectivity index (χ4n) is 2.71. The highest BCUT2D eigenvalue weighted by molar-refractivity contribution is 5.88. The summed E-state index contributed by atoms with van der Waals surface area (Å²) >= 11 is 0. The smallest absolute Gasteiger partial charge is 0.335 e. The highest BCUT2D eigenvalue weighted by atomic mass is 16.4. The Morgan fingerprint density at radius 2 is 1.81 bits per heavy atom. The van der Waals surface area contributed by atoms with Gasteiger partial charge in [-0.15, -0.1) is 0 Å². The fourth-order valence-corrected chi connectivity index (χ4v) is 2.71. The molecule has 3 aromatic rings. The van der Waals surface area contributed by atoms with Gasteiger partial charge >= 0.3 is 5.97 Å². The van der Waals surface area contributed by atoms with E-state index in [-0.39, 0.29) is 0 Å². The maximum Gasteiger partial charge on any atom is 0.335 e. The predicted molar refractivity (Wildman–Crippen MR) is 80.4 cm³/mol. The van der Waals surface area contributed by atoms with Crippen LogP contribution in [0.2, 0.25) is 0 Å². The van der Waals surface area contributed by atoms with Crippen LogP contribution in [0.25, 0.3) is 22.4 Å². The number of carboxylic acid groups (broad SMARTS) is 1. The van der Waals surface area contributed by atoms with Crippen LogP contribution in [0.1, 0.15) is 29.2 Å². The lowest BCUT2D eigenvalue weighted by Gasteiger charge is -2.07. The minimum atomic E-state index is -0.905. The van der Waals surface area contributed by atoms with E-state index in [4.69, 9.17) is 10.1 Å². The van der Waals surface area contributed by atoms with Gasteiger partial charge in [0.1, 0.15) is 5.82 Å². The van der Waals surface area contributed by atoms with Gasteiger partial charge in [-0.3, -0.25) is 0 Å². The molecule has 4 rings (SSSR count). The van der Waals surface area contributed by atoms with Gasteiger partial charge in [0.25, 0.3) is 0 Å². The highest BCUT2D eigenvalue weighted by Crippen LogP contribution is 2.41. The lowest BCUT2D eigenvalue weighted by Crippen LogP contribution is -1.99. The van der Waals surface area contributed by atoms with Crippen molar-refractivity contribution in [2.45, 2.75) is 18.9 Å². The summed E-state index contributed by atoms with van der Waals surface area (Å²) in [4.78, 5) is 15.7. The Morgan fingerprint density at radius 3 is 2.48 bits per heavy atom. The number of carboxylic acids is 1. The first-order valence-electron chi connectivity index (χ1n) is 7.05. The summed E-state index contributed by atoms with van der Waals surface area (Å²) < 4.78 is 2.28. The second-order valence-electron chi connectivity index (χ2n) is 5.41. The predicted octanol–water partition coefficient (Wildman–Crippen LogP) is 3.74. The number of imidazole rings is 1. The number of benzene rings is 2. The molecule has 21 heavy (non-hydrogen) atoms. The lowest BCUT2D eigenvalue weighted by molar-refractivity contribution is 0.0697. The maximum absolute atomic E-state index is 11.0. The molecule has 4 heteroatoms. The first kappa shape index (κ1) is 12.1. The quantitative estimate of drug-likeness (QED) is 0.794. The van der Waals surface area contributed by atoms with Crippen molar-refractivity contribution in [2.24, 2.45) is 0 Å². The van der Waals surface area contributed by atoms with Crippen LogP contribution >= 0.6 is 0 Å². The summed E-state index contributed by atoms with van der Waals surface area (Å²) in [5.41, 5.74) is 3.40. The van der Waals surface area contributed by atoms with Crippen LogP contribution < -0.4 is 0 Å². The molecule has 0 saturated heterocycles. The van der Waals surface area contributed by atoms with Gasteiger partial charge in [0.2, 0.25) is 0 Å². The summed E-state index contributed by atoms with van der Waals surface area (Å²) in [5.74, 6) is 0.0212. The van der Waals surface area contributed by atoms with E-state index in [9.17, 15) is 4.79 Å². The largest absolute Gasteiger partial charge is 0.478 e. The summed E-state index contributed by atoms with van der Waals surface area (Å²) in [6, 6.07) is 15.6.